The molecule has 0 unspecified atom stereocenters. The lowest BCUT2D eigenvalue weighted by molar-refractivity contribution is 0.569. The monoisotopic (exact) mass is 404 g/mol. The van der Waals surface area contributed by atoms with E-state index < -0.39 is 11.6 Å². The quantitative estimate of drug-likeness (QED) is 0.449. The Morgan fingerprint density at radius 3 is 2.50 bits per heavy atom. The number of benzene rings is 2. The SMILES string of the molecule is Fc1cccc(F)c1-n1c(CCl)nc2cc(I)ccc21. The second-order valence-electron chi connectivity index (χ2n) is 4.20. The highest BCUT2D eigenvalue weighted by atomic mass is 127. The van der Waals surface area contributed by atoms with Crippen molar-refractivity contribution in [3.8, 4) is 5.69 Å². The highest BCUT2D eigenvalue weighted by Gasteiger charge is 2.18. The number of aromatic nitrogens is 2. The summed E-state index contributed by atoms with van der Waals surface area (Å²) < 4.78 is 30.4. The summed E-state index contributed by atoms with van der Waals surface area (Å²) in [5.74, 6) is -0.810. The molecule has 3 aromatic rings. The van der Waals surface area contributed by atoms with Gasteiger partial charge in [0.05, 0.1) is 16.9 Å². The molecule has 0 N–H and O–H groups in total. The van der Waals surface area contributed by atoms with Crippen molar-refractivity contribution in [1.82, 2.24) is 9.55 Å². The predicted octanol–water partition coefficient (Wildman–Crippen LogP) is 4.65. The van der Waals surface area contributed by atoms with E-state index in [9.17, 15) is 8.78 Å². The number of para-hydroxylation sites is 1. The summed E-state index contributed by atoms with van der Waals surface area (Å²) in [5, 5.41) is 0. The van der Waals surface area contributed by atoms with Crippen LogP contribution in [0.2, 0.25) is 0 Å². The number of alkyl halides is 1. The van der Waals surface area contributed by atoms with Crippen molar-refractivity contribution in [3.05, 3.63) is 57.4 Å². The van der Waals surface area contributed by atoms with Crippen molar-refractivity contribution < 1.29 is 8.78 Å². The van der Waals surface area contributed by atoms with Crippen molar-refractivity contribution in [2.75, 3.05) is 0 Å². The first-order valence-electron chi connectivity index (χ1n) is 5.79. The maximum atomic E-state index is 14.0. The van der Waals surface area contributed by atoms with Crippen molar-refractivity contribution >= 4 is 45.2 Å². The predicted molar refractivity (Wildman–Crippen MR) is 83.3 cm³/mol. The molecule has 1 aromatic heterocycles. The summed E-state index contributed by atoms with van der Waals surface area (Å²) in [4.78, 5) is 4.34. The van der Waals surface area contributed by atoms with E-state index in [1.165, 1.54) is 22.8 Å². The van der Waals surface area contributed by atoms with E-state index in [2.05, 4.69) is 27.6 Å². The number of nitrogens with zero attached hydrogens (tertiary/aromatic N) is 2. The Balaban J connectivity index is 2.40. The van der Waals surface area contributed by atoms with Gasteiger partial charge in [-0.2, -0.15) is 0 Å². The first-order valence-corrected chi connectivity index (χ1v) is 7.40. The molecule has 0 atom stereocenters. The van der Waals surface area contributed by atoms with Gasteiger partial charge in [-0.3, -0.25) is 4.57 Å². The van der Waals surface area contributed by atoms with Crippen molar-refractivity contribution in [2.24, 2.45) is 0 Å². The van der Waals surface area contributed by atoms with Gasteiger partial charge in [0.25, 0.3) is 0 Å². The summed E-state index contributed by atoms with van der Waals surface area (Å²) in [6.07, 6.45) is 0. The molecular weight excluding hydrogens is 397 g/mol. The summed E-state index contributed by atoms with van der Waals surface area (Å²) in [7, 11) is 0. The first-order chi connectivity index (χ1) is 9.61. The molecule has 0 aliphatic heterocycles. The first kappa shape index (κ1) is 13.8. The highest BCUT2D eigenvalue weighted by Crippen LogP contribution is 2.27. The van der Waals surface area contributed by atoms with E-state index >= 15 is 0 Å². The van der Waals surface area contributed by atoms with Crippen LogP contribution >= 0.6 is 34.2 Å². The highest BCUT2D eigenvalue weighted by molar-refractivity contribution is 14.1. The minimum Gasteiger partial charge on any atom is -0.290 e. The molecule has 0 aliphatic carbocycles. The second-order valence-corrected chi connectivity index (χ2v) is 5.71. The summed E-state index contributed by atoms with van der Waals surface area (Å²) in [6.45, 7) is 0. The molecule has 0 aliphatic rings. The van der Waals surface area contributed by atoms with Crippen LogP contribution in [0.4, 0.5) is 8.78 Å². The van der Waals surface area contributed by atoms with Crippen LogP contribution in [0.15, 0.2) is 36.4 Å². The lowest BCUT2D eigenvalue weighted by atomic mass is 10.2. The van der Waals surface area contributed by atoms with E-state index in [-0.39, 0.29) is 11.6 Å². The van der Waals surface area contributed by atoms with Crippen LogP contribution < -0.4 is 0 Å². The minimum absolute atomic E-state index is 0.0685. The molecule has 20 heavy (non-hydrogen) atoms. The zero-order valence-corrected chi connectivity index (χ0v) is 13.0. The maximum Gasteiger partial charge on any atom is 0.150 e. The number of rotatable bonds is 2. The fraction of sp³-hybridized carbons (Fsp3) is 0.0714. The lowest BCUT2D eigenvalue weighted by Gasteiger charge is -2.10. The number of fused-ring (bicyclic) bond motifs is 1. The molecule has 1 heterocycles. The maximum absolute atomic E-state index is 14.0. The topological polar surface area (TPSA) is 17.8 Å². The third kappa shape index (κ3) is 2.18. The summed E-state index contributed by atoms with van der Waals surface area (Å²) in [6, 6.07) is 9.26. The van der Waals surface area contributed by atoms with Crippen molar-refractivity contribution in [1.29, 1.82) is 0 Å². The summed E-state index contributed by atoms with van der Waals surface area (Å²) in [5.41, 5.74) is 1.15. The number of hydrogen-bond donors (Lipinski definition) is 0. The fourth-order valence-corrected chi connectivity index (χ4v) is 2.80. The molecule has 2 nitrogen and oxygen atoms in total. The molecule has 0 radical (unpaired) electrons. The van der Waals surface area contributed by atoms with Gasteiger partial charge in [-0.1, -0.05) is 6.07 Å². The van der Waals surface area contributed by atoms with Crippen molar-refractivity contribution in [3.63, 3.8) is 0 Å². The van der Waals surface area contributed by atoms with Gasteiger partial charge in [0.1, 0.15) is 23.1 Å². The number of imidazole rings is 1. The Kier molecular flexibility index (Phi) is 3.64. The van der Waals surface area contributed by atoms with Crippen LogP contribution in [0.1, 0.15) is 5.82 Å². The van der Waals surface area contributed by atoms with E-state index in [0.29, 0.717) is 16.9 Å². The molecule has 0 bridgehead atoms. The zero-order valence-electron chi connectivity index (χ0n) is 10.1. The van der Waals surface area contributed by atoms with E-state index in [1.807, 2.05) is 12.1 Å². The molecule has 102 valence electrons. The van der Waals surface area contributed by atoms with Crippen LogP contribution in [-0.2, 0) is 5.88 Å². The lowest BCUT2D eigenvalue weighted by Crippen LogP contribution is -2.05. The van der Waals surface area contributed by atoms with Gasteiger partial charge >= 0.3 is 0 Å². The molecule has 0 spiro atoms. The molecule has 2 aromatic carbocycles. The van der Waals surface area contributed by atoms with Gasteiger partial charge < -0.3 is 0 Å². The summed E-state index contributed by atoms with van der Waals surface area (Å²) >= 11 is 8.03. The second kappa shape index (κ2) is 5.29. The van der Waals surface area contributed by atoms with Gasteiger partial charge in [0.15, 0.2) is 0 Å². The largest absolute Gasteiger partial charge is 0.290 e. The van der Waals surface area contributed by atoms with Crippen LogP contribution in [0.5, 0.6) is 0 Å². The molecule has 6 heteroatoms. The molecular formula is C14H8ClF2IN2. The third-order valence-corrected chi connectivity index (χ3v) is 3.88. The van der Waals surface area contributed by atoms with Crippen LogP contribution in [0.3, 0.4) is 0 Å². The van der Waals surface area contributed by atoms with Gasteiger partial charge in [0, 0.05) is 3.57 Å². The Hall–Kier alpha value is -1.21. The smallest absolute Gasteiger partial charge is 0.150 e. The van der Waals surface area contributed by atoms with E-state index in [4.69, 9.17) is 11.6 Å². The van der Waals surface area contributed by atoms with Gasteiger partial charge in [-0.15, -0.1) is 11.6 Å². The van der Waals surface area contributed by atoms with Crippen LogP contribution in [0.25, 0.3) is 16.7 Å². The number of halogens is 4. The molecule has 3 rings (SSSR count). The third-order valence-electron chi connectivity index (χ3n) is 2.97. The molecule has 0 saturated heterocycles. The van der Waals surface area contributed by atoms with Crippen LogP contribution in [0, 0.1) is 15.2 Å². The Morgan fingerprint density at radius 2 is 1.85 bits per heavy atom. The van der Waals surface area contributed by atoms with Gasteiger partial charge in [0.2, 0.25) is 0 Å². The number of hydrogen-bond acceptors (Lipinski definition) is 1. The molecule has 0 fully saturated rings. The standard InChI is InChI=1S/C14H8ClF2IN2/c15-7-13-19-11-6-8(18)4-5-12(11)20(13)14-9(16)2-1-3-10(14)17/h1-6H,7H2. The van der Waals surface area contributed by atoms with Crippen molar-refractivity contribution in [2.45, 2.75) is 5.88 Å². The Bertz CT molecular complexity index is 781. The van der Waals surface area contributed by atoms with Gasteiger partial charge in [-0.05, 0) is 52.9 Å². The average Bonchev–Trinajstić information content (AvgIpc) is 2.76. The van der Waals surface area contributed by atoms with E-state index in [1.54, 1.807) is 6.07 Å². The Morgan fingerprint density at radius 1 is 1.15 bits per heavy atom. The molecule has 0 saturated carbocycles. The Labute approximate surface area is 132 Å². The minimum atomic E-state index is -0.644. The zero-order chi connectivity index (χ0) is 14.3. The normalized spacial score (nSPS) is 11.2. The average molecular weight is 405 g/mol. The molecule has 0 amide bonds. The fourth-order valence-electron chi connectivity index (χ4n) is 2.15. The van der Waals surface area contributed by atoms with Gasteiger partial charge in [-0.25, -0.2) is 13.8 Å². The van der Waals surface area contributed by atoms with Crippen LogP contribution in [-0.4, -0.2) is 9.55 Å². The van der Waals surface area contributed by atoms with E-state index in [0.717, 1.165) is 3.57 Å².